The summed E-state index contributed by atoms with van der Waals surface area (Å²) in [5, 5.41) is 12.4. The minimum atomic E-state index is -0.0642. The molecule has 0 spiro atoms. The van der Waals surface area contributed by atoms with Crippen LogP contribution in [0.15, 0.2) is 24.3 Å². The first-order chi connectivity index (χ1) is 13.2. The van der Waals surface area contributed by atoms with E-state index in [1.165, 1.54) is 12.0 Å². The summed E-state index contributed by atoms with van der Waals surface area (Å²) in [5.74, 6) is 2.51. The Balaban J connectivity index is 1.26. The molecule has 1 saturated carbocycles. The topological polar surface area (TPSA) is 63.1 Å². The van der Waals surface area contributed by atoms with Gasteiger partial charge in [-0.1, -0.05) is 23.7 Å². The summed E-state index contributed by atoms with van der Waals surface area (Å²) in [4.78, 5) is 15.0. The normalized spacial score (nSPS) is 24.9. The summed E-state index contributed by atoms with van der Waals surface area (Å²) in [6.45, 7) is 3.86. The van der Waals surface area contributed by atoms with E-state index < -0.39 is 0 Å². The fourth-order valence-corrected chi connectivity index (χ4v) is 4.83. The molecule has 2 aliphatic heterocycles. The van der Waals surface area contributed by atoms with Gasteiger partial charge < -0.3 is 9.88 Å². The largest absolute Gasteiger partial charge is 0.347 e. The Bertz CT molecular complexity index is 862. The van der Waals surface area contributed by atoms with Crippen molar-refractivity contribution in [1.29, 1.82) is 0 Å². The van der Waals surface area contributed by atoms with Crippen molar-refractivity contribution >= 4 is 17.5 Å². The van der Waals surface area contributed by atoms with Crippen LogP contribution in [-0.2, 0) is 19.5 Å². The van der Waals surface area contributed by atoms with Gasteiger partial charge in [0.25, 0.3) is 5.91 Å². The van der Waals surface area contributed by atoms with Crippen molar-refractivity contribution in [2.24, 2.45) is 11.8 Å². The fourth-order valence-electron chi connectivity index (χ4n) is 4.61. The van der Waals surface area contributed by atoms with Crippen molar-refractivity contribution in [2.75, 3.05) is 13.1 Å². The van der Waals surface area contributed by atoms with Crippen LogP contribution in [0, 0.1) is 11.8 Å². The van der Waals surface area contributed by atoms with E-state index in [1.807, 2.05) is 18.2 Å². The molecule has 1 aliphatic carbocycles. The number of likely N-dealkylation sites (tertiary alicyclic amines) is 1. The molecule has 3 aliphatic rings. The van der Waals surface area contributed by atoms with Crippen molar-refractivity contribution in [3.8, 4) is 0 Å². The van der Waals surface area contributed by atoms with Gasteiger partial charge in [0.15, 0.2) is 0 Å². The fraction of sp³-hybridized carbons (Fsp3) is 0.550. The number of carbonyl (C=O) groups excluding carboxylic acids is 1. The van der Waals surface area contributed by atoms with Crippen LogP contribution in [0.1, 0.15) is 41.3 Å². The highest BCUT2D eigenvalue weighted by molar-refractivity contribution is 6.30. The number of halogens is 1. The smallest absolute Gasteiger partial charge is 0.289 e. The third kappa shape index (κ3) is 3.36. The van der Waals surface area contributed by atoms with Crippen LogP contribution in [-0.4, -0.2) is 44.7 Å². The summed E-state index contributed by atoms with van der Waals surface area (Å²) in [7, 11) is 0. The first kappa shape index (κ1) is 17.2. The molecule has 6 nitrogen and oxygen atoms in total. The lowest BCUT2D eigenvalue weighted by Crippen LogP contribution is -2.41. The van der Waals surface area contributed by atoms with E-state index in [1.54, 1.807) is 0 Å². The van der Waals surface area contributed by atoms with Crippen LogP contribution in [0.5, 0.6) is 0 Å². The molecular formula is C20H24ClN5O. The van der Waals surface area contributed by atoms with Crippen molar-refractivity contribution < 1.29 is 4.79 Å². The second-order valence-corrected chi connectivity index (χ2v) is 8.64. The minimum absolute atomic E-state index is 0.0642. The highest BCUT2D eigenvalue weighted by Crippen LogP contribution is 2.33. The third-order valence-corrected chi connectivity index (χ3v) is 6.52. The maximum atomic E-state index is 12.6. The van der Waals surface area contributed by atoms with E-state index in [2.05, 4.69) is 31.0 Å². The molecule has 1 aromatic heterocycles. The Kier molecular flexibility index (Phi) is 4.40. The lowest BCUT2D eigenvalue weighted by molar-refractivity contribution is 0.0898. The van der Waals surface area contributed by atoms with Gasteiger partial charge in [-0.3, -0.25) is 9.69 Å². The maximum Gasteiger partial charge on any atom is 0.289 e. The van der Waals surface area contributed by atoms with E-state index in [9.17, 15) is 4.79 Å². The molecule has 0 radical (unpaired) electrons. The highest BCUT2D eigenvalue weighted by atomic mass is 35.5. The van der Waals surface area contributed by atoms with Gasteiger partial charge in [0.2, 0.25) is 5.82 Å². The number of fused-ring (bicyclic) bond motifs is 2. The molecule has 0 bridgehead atoms. The van der Waals surface area contributed by atoms with Crippen molar-refractivity contribution in [3.05, 3.63) is 46.5 Å². The molecule has 1 amide bonds. The van der Waals surface area contributed by atoms with E-state index in [0.717, 1.165) is 56.3 Å². The first-order valence-electron chi connectivity index (χ1n) is 9.85. The SMILES string of the molecule is O=C(NC1CCC1)c1nnc2n1C[C@H]1CN(Cc3cccc(Cl)c3)C[C@@H]1C2. The number of aromatic nitrogens is 3. The number of carbonyl (C=O) groups is 1. The minimum Gasteiger partial charge on any atom is -0.347 e. The van der Waals surface area contributed by atoms with E-state index in [0.29, 0.717) is 23.7 Å². The highest BCUT2D eigenvalue weighted by Gasteiger charge is 2.39. The Morgan fingerprint density at radius 3 is 2.81 bits per heavy atom. The molecular weight excluding hydrogens is 362 g/mol. The van der Waals surface area contributed by atoms with Crippen LogP contribution in [0.4, 0.5) is 0 Å². The van der Waals surface area contributed by atoms with Gasteiger partial charge in [0.1, 0.15) is 5.82 Å². The number of rotatable bonds is 4. The van der Waals surface area contributed by atoms with Gasteiger partial charge in [-0.15, -0.1) is 10.2 Å². The number of nitrogens with zero attached hydrogens (tertiary/aromatic N) is 4. The quantitative estimate of drug-likeness (QED) is 0.878. The molecule has 0 unspecified atom stereocenters. The second kappa shape index (κ2) is 6.91. The monoisotopic (exact) mass is 385 g/mol. The maximum absolute atomic E-state index is 12.6. The molecule has 5 rings (SSSR count). The second-order valence-electron chi connectivity index (χ2n) is 8.20. The van der Waals surface area contributed by atoms with Crippen LogP contribution >= 0.6 is 11.6 Å². The molecule has 1 aromatic carbocycles. The molecule has 142 valence electrons. The summed E-state index contributed by atoms with van der Waals surface area (Å²) in [6, 6.07) is 8.42. The van der Waals surface area contributed by atoms with Gasteiger partial charge >= 0.3 is 0 Å². The van der Waals surface area contributed by atoms with Crippen LogP contribution in [0.2, 0.25) is 5.02 Å². The standard InChI is InChI=1S/C20H24ClN5O/c21-16-4-1-3-13(7-16)9-25-10-14-8-18-23-24-19(26(18)12-15(14)11-25)20(27)22-17-5-2-6-17/h1,3-4,7,14-15,17H,2,5-6,8-12H2,(H,22,27)/t14-,15+/m0/s1. The Hall–Kier alpha value is -1.92. The molecule has 7 heteroatoms. The zero-order valence-electron chi connectivity index (χ0n) is 15.3. The number of hydrogen-bond donors (Lipinski definition) is 1. The van der Waals surface area contributed by atoms with Crippen molar-refractivity contribution in [3.63, 3.8) is 0 Å². The summed E-state index contributed by atoms with van der Waals surface area (Å²) in [6.07, 6.45) is 4.27. The zero-order chi connectivity index (χ0) is 18.4. The number of benzene rings is 1. The molecule has 1 N–H and O–H groups in total. The molecule has 1 saturated heterocycles. The van der Waals surface area contributed by atoms with Crippen LogP contribution in [0.25, 0.3) is 0 Å². The van der Waals surface area contributed by atoms with Gasteiger partial charge in [-0.25, -0.2) is 0 Å². The molecule has 2 fully saturated rings. The van der Waals surface area contributed by atoms with Gasteiger partial charge in [-0.05, 0) is 48.8 Å². The number of amides is 1. The van der Waals surface area contributed by atoms with E-state index >= 15 is 0 Å². The summed E-state index contributed by atoms with van der Waals surface area (Å²) < 4.78 is 2.05. The van der Waals surface area contributed by atoms with Gasteiger partial charge in [0.05, 0.1) is 0 Å². The van der Waals surface area contributed by atoms with Crippen LogP contribution in [0.3, 0.4) is 0 Å². The lowest BCUT2D eigenvalue weighted by atomic mass is 9.89. The molecule has 2 aromatic rings. The summed E-state index contributed by atoms with van der Waals surface area (Å²) in [5.41, 5.74) is 1.25. The third-order valence-electron chi connectivity index (χ3n) is 6.28. The van der Waals surface area contributed by atoms with Gasteiger partial charge in [-0.2, -0.15) is 0 Å². The number of hydrogen-bond acceptors (Lipinski definition) is 4. The van der Waals surface area contributed by atoms with Gasteiger partial charge in [0, 0.05) is 43.7 Å². The summed E-state index contributed by atoms with van der Waals surface area (Å²) >= 11 is 6.12. The Morgan fingerprint density at radius 2 is 2.04 bits per heavy atom. The van der Waals surface area contributed by atoms with E-state index in [4.69, 9.17) is 11.6 Å². The molecule has 27 heavy (non-hydrogen) atoms. The lowest BCUT2D eigenvalue weighted by Gasteiger charge is -2.28. The van der Waals surface area contributed by atoms with Crippen molar-refractivity contribution in [1.82, 2.24) is 25.0 Å². The predicted octanol–water partition coefficient (Wildman–Crippen LogP) is 2.52. The van der Waals surface area contributed by atoms with Crippen molar-refractivity contribution in [2.45, 2.75) is 44.8 Å². The predicted molar refractivity (Wildman–Crippen MR) is 103 cm³/mol. The molecule has 3 heterocycles. The first-order valence-corrected chi connectivity index (χ1v) is 10.2. The Morgan fingerprint density at radius 1 is 1.19 bits per heavy atom. The Labute approximate surface area is 163 Å². The molecule has 2 atom stereocenters. The zero-order valence-corrected chi connectivity index (χ0v) is 16.0. The average molecular weight is 386 g/mol. The average Bonchev–Trinajstić information content (AvgIpc) is 3.18. The number of nitrogens with one attached hydrogen (secondary N) is 1. The van der Waals surface area contributed by atoms with Crippen LogP contribution < -0.4 is 5.32 Å². The van der Waals surface area contributed by atoms with E-state index in [-0.39, 0.29) is 5.91 Å².